The highest BCUT2D eigenvalue weighted by Gasteiger charge is 2.33. The summed E-state index contributed by atoms with van der Waals surface area (Å²) in [5, 5.41) is 0. The summed E-state index contributed by atoms with van der Waals surface area (Å²) in [4.78, 5) is 15.0. The predicted octanol–water partition coefficient (Wildman–Crippen LogP) is 5.02. The van der Waals surface area contributed by atoms with Gasteiger partial charge in [0.05, 0.1) is 28.4 Å². The van der Waals surface area contributed by atoms with Gasteiger partial charge in [0.15, 0.2) is 15.8 Å². The van der Waals surface area contributed by atoms with Gasteiger partial charge in [0.25, 0.3) is 5.91 Å². The second-order valence-electron chi connectivity index (χ2n) is 5.59. The van der Waals surface area contributed by atoms with E-state index in [-0.39, 0.29) is 5.91 Å². The van der Waals surface area contributed by atoms with E-state index in [1.165, 1.54) is 11.8 Å². The van der Waals surface area contributed by atoms with E-state index in [9.17, 15) is 4.79 Å². The molecule has 0 aliphatic carbocycles. The first-order valence-corrected chi connectivity index (χ1v) is 10.0. The summed E-state index contributed by atoms with van der Waals surface area (Å²) in [5.41, 5.74) is 2.77. The Morgan fingerprint density at radius 2 is 1.85 bits per heavy atom. The van der Waals surface area contributed by atoms with Crippen molar-refractivity contribution in [1.29, 1.82) is 0 Å². The van der Waals surface area contributed by atoms with Crippen molar-refractivity contribution in [2.24, 2.45) is 0 Å². The van der Waals surface area contributed by atoms with E-state index < -0.39 is 0 Å². The van der Waals surface area contributed by atoms with Crippen LogP contribution in [0.3, 0.4) is 0 Å². The average molecular weight is 497 g/mol. The van der Waals surface area contributed by atoms with Gasteiger partial charge in [0, 0.05) is 0 Å². The highest BCUT2D eigenvalue weighted by molar-refractivity contribution is 14.1. The van der Waals surface area contributed by atoms with Gasteiger partial charge in [0.1, 0.15) is 0 Å². The first kappa shape index (κ1) is 19.2. The minimum atomic E-state index is -0.117. The van der Waals surface area contributed by atoms with E-state index in [0.717, 1.165) is 20.4 Å². The summed E-state index contributed by atoms with van der Waals surface area (Å²) < 4.78 is 12.2. The maximum Gasteiger partial charge on any atom is 0.270 e. The van der Waals surface area contributed by atoms with E-state index >= 15 is 0 Å². The topological polar surface area (TPSA) is 38.8 Å². The number of hydrogen-bond donors (Lipinski definition) is 0. The van der Waals surface area contributed by atoms with Crippen LogP contribution in [0.5, 0.6) is 11.5 Å². The predicted molar refractivity (Wildman–Crippen MR) is 119 cm³/mol. The van der Waals surface area contributed by atoms with Crippen LogP contribution in [0.4, 0.5) is 5.69 Å². The molecule has 2 aromatic rings. The second kappa shape index (κ2) is 7.98. The molecule has 0 aromatic heterocycles. The number of carbonyl (C=O) groups is 1. The fourth-order valence-corrected chi connectivity index (χ4v) is 4.70. The molecule has 1 amide bonds. The first-order chi connectivity index (χ1) is 12.4. The normalized spacial score (nSPS) is 15.7. The van der Waals surface area contributed by atoms with Gasteiger partial charge in [-0.2, -0.15) is 0 Å². The number of thiocarbonyl (C=S) groups is 1. The highest BCUT2D eigenvalue weighted by Crippen LogP contribution is 2.38. The number of aryl methyl sites for hydroxylation is 1. The minimum Gasteiger partial charge on any atom is -0.493 e. The number of thioether (sulfide) groups is 1. The molecule has 1 heterocycles. The zero-order valence-electron chi connectivity index (χ0n) is 14.4. The molecular formula is C19H16INO3S2. The Kier molecular flexibility index (Phi) is 5.89. The molecule has 0 spiro atoms. The average Bonchev–Trinajstić information content (AvgIpc) is 2.89. The van der Waals surface area contributed by atoms with Crippen LogP contribution in [0.15, 0.2) is 41.3 Å². The molecule has 3 rings (SSSR count). The van der Waals surface area contributed by atoms with Crippen LogP contribution >= 0.6 is 46.6 Å². The zero-order valence-corrected chi connectivity index (χ0v) is 18.2. The Morgan fingerprint density at radius 1 is 1.15 bits per heavy atom. The standard InChI is InChI=1S/C19H16INO3S2/c1-11-4-6-13(7-5-11)21-18(22)16(26-19(21)25)10-12-8-14(20)17(24-3)15(9-12)23-2/h4-10H,1-3H3/b16-10-. The largest absolute Gasteiger partial charge is 0.493 e. The Labute approximate surface area is 175 Å². The summed E-state index contributed by atoms with van der Waals surface area (Å²) in [7, 11) is 3.20. The van der Waals surface area contributed by atoms with Crippen LogP contribution in [-0.4, -0.2) is 24.4 Å². The van der Waals surface area contributed by atoms with Gasteiger partial charge in [0.2, 0.25) is 0 Å². The molecular weight excluding hydrogens is 481 g/mol. The van der Waals surface area contributed by atoms with Crippen LogP contribution in [0.25, 0.3) is 6.08 Å². The van der Waals surface area contributed by atoms with Crippen LogP contribution in [-0.2, 0) is 4.79 Å². The van der Waals surface area contributed by atoms with Gasteiger partial charge in [-0.05, 0) is 65.4 Å². The van der Waals surface area contributed by atoms with Crippen molar-refractivity contribution in [3.63, 3.8) is 0 Å². The third-order valence-electron chi connectivity index (χ3n) is 3.84. The summed E-state index contributed by atoms with van der Waals surface area (Å²) >= 11 is 8.91. The number of nitrogens with zero attached hydrogens (tertiary/aromatic N) is 1. The third-order valence-corrected chi connectivity index (χ3v) is 5.94. The molecule has 2 aromatic carbocycles. The maximum absolute atomic E-state index is 12.9. The molecule has 1 saturated heterocycles. The van der Waals surface area contributed by atoms with Gasteiger partial charge >= 0.3 is 0 Å². The molecule has 0 unspecified atom stereocenters. The highest BCUT2D eigenvalue weighted by atomic mass is 127. The van der Waals surface area contributed by atoms with Crippen molar-refractivity contribution < 1.29 is 14.3 Å². The monoisotopic (exact) mass is 497 g/mol. The van der Waals surface area contributed by atoms with Crippen molar-refractivity contribution in [2.75, 3.05) is 19.1 Å². The number of benzene rings is 2. The molecule has 1 aliphatic rings. The first-order valence-electron chi connectivity index (χ1n) is 7.70. The number of methoxy groups -OCH3 is 2. The molecule has 0 N–H and O–H groups in total. The van der Waals surface area contributed by atoms with Gasteiger partial charge < -0.3 is 9.47 Å². The quantitative estimate of drug-likeness (QED) is 0.337. The molecule has 0 atom stereocenters. The maximum atomic E-state index is 12.9. The zero-order chi connectivity index (χ0) is 18.8. The Bertz CT molecular complexity index is 910. The lowest BCUT2D eigenvalue weighted by molar-refractivity contribution is -0.113. The van der Waals surface area contributed by atoms with E-state index in [4.69, 9.17) is 21.7 Å². The van der Waals surface area contributed by atoms with E-state index in [2.05, 4.69) is 22.6 Å². The number of rotatable bonds is 4. The minimum absolute atomic E-state index is 0.117. The second-order valence-corrected chi connectivity index (χ2v) is 8.43. The SMILES string of the molecule is COc1cc(/C=C2\SC(=S)N(c3ccc(C)cc3)C2=O)cc(I)c1OC. The number of hydrogen-bond acceptors (Lipinski definition) is 5. The lowest BCUT2D eigenvalue weighted by atomic mass is 10.1. The number of halogens is 1. The summed E-state index contributed by atoms with van der Waals surface area (Å²) in [6.07, 6.45) is 1.83. The Hall–Kier alpha value is -1.58. The van der Waals surface area contributed by atoms with Gasteiger partial charge in [-0.1, -0.05) is 41.7 Å². The summed E-state index contributed by atoms with van der Waals surface area (Å²) in [5.74, 6) is 1.19. The molecule has 1 fully saturated rings. The number of amides is 1. The molecule has 4 nitrogen and oxygen atoms in total. The third kappa shape index (κ3) is 3.74. The van der Waals surface area contributed by atoms with Crippen LogP contribution < -0.4 is 14.4 Å². The van der Waals surface area contributed by atoms with Gasteiger partial charge in [-0.3, -0.25) is 9.69 Å². The molecule has 26 heavy (non-hydrogen) atoms. The number of anilines is 1. The van der Waals surface area contributed by atoms with Crippen LogP contribution in [0.1, 0.15) is 11.1 Å². The Morgan fingerprint density at radius 3 is 2.46 bits per heavy atom. The Balaban J connectivity index is 1.95. The van der Waals surface area contributed by atoms with Gasteiger partial charge in [-0.15, -0.1) is 0 Å². The van der Waals surface area contributed by atoms with Crippen molar-refractivity contribution in [1.82, 2.24) is 0 Å². The van der Waals surface area contributed by atoms with Crippen LogP contribution in [0.2, 0.25) is 0 Å². The lowest BCUT2D eigenvalue weighted by Crippen LogP contribution is -2.27. The lowest BCUT2D eigenvalue weighted by Gasteiger charge is -2.14. The summed E-state index contributed by atoms with van der Waals surface area (Å²) in [6, 6.07) is 11.5. The molecule has 0 bridgehead atoms. The molecule has 0 saturated carbocycles. The fourth-order valence-electron chi connectivity index (χ4n) is 2.56. The number of carbonyl (C=O) groups excluding carboxylic acids is 1. The van der Waals surface area contributed by atoms with Crippen molar-refractivity contribution >= 4 is 68.6 Å². The van der Waals surface area contributed by atoms with E-state index in [1.807, 2.05) is 49.4 Å². The smallest absolute Gasteiger partial charge is 0.270 e. The molecule has 134 valence electrons. The van der Waals surface area contributed by atoms with Crippen molar-refractivity contribution in [3.8, 4) is 11.5 Å². The number of ether oxygens (including phenoxy) is 2. The van der Waals surface area contributed by atoms with Gasteiger partial charge in [-0.25, -0.2) is 0 Å². The molecule has 7 heteroatoms. The fraction of sp³-hybridized carbons (Fsp3) is 0.158. The molecule has 1 aliphatic heterocycles. The van der Waals surface area contributed by atoms with E-state index in [1.54, 1.807) is 19.1 Å². The van der Waals surface area contributed by atoms with E-state index in [0.29, 0.717) is 20.7 Å². The summed E-state index contributed by atoms with van der Waals surface area (Å²) in [6.45, 7) is 2.01. The molecule has 0 radical (unpaired) electrons. The van der Waals surface area contributed by atoms with Crippen molar-refractivity contribution in [2.45, 2.75) is 6.92 Å². The van der Waals surface area contributed by atoms with Crippen LogP contribution in [0, 0.1) is 10.5 Å². The van der Waals surface area contributed by atoms with Crippen molar-refractivity contribution in [3.05, 3.63) is 56.0 Å².